The average molecular weight is 261 g/mol. The van der Waals surface area contributed by atoms with E-state index in [9.17, 15) is 4.79 Å². The molecular weight excluding hydrogens is 238 g/mol. The number of unbranched alkanes of at least 4 members (excludes halogenated alkanes) is 2. The van der Waals surface area contributed by atoms with Crippen molar-refractivity contribution in [2.75, 3.05) is 6.61 Å². The minimum atomic E-state index is 0.181. The summed E-state index contributed by atoms with van der Waals surface area (Å²) in [6, 6.07) is 8.55. The van der Waals surface area contributed by atoms with Gasteiger partial charge in [0.15, 0.2) is 0 Å². The van der Waals surface area contributed by atoms with Crippen molar-refractivity contribution in [3.63, 3.8) is 0 Å². The highest BCUT2D eigenvalue weighted by Gasteiger charge is 2.20. The Morgan fingerprint density at radius 1 is 1.26 bits per heavy atom. The Morgan fingerprint density at radius 3 is 2.68 bits per heavy atom. The molecule has 1 atom stereocenters. The van der Waals surface area contributed by atoms with Crippen LogP contribution in [-0.2, 0) is 11.2 Å². The van der Waals surface area contributed by atoms with E-state index in [2.05, 4.69) is 24.4 Å². The van der Waals surface area contributed by atoms with Gasteiger partial charge in [0.05, 0.1) is 6.61 Å². The molecule has 3 heteroatoms. The molecule has 1 N–H and O–H groups in total. The van der Waals surface area contributed by atoms with E-state index in [0.717, 1.165) is 31.6 Å². The predicted molar refractivity (Wildman–Crippen MR) is 76.3 cm³/mol. The van der Waals surface area contributed by atoms with Crippen LogP contribution in [0.15, 0.2) is 24.3 Å². The Labute approximate surface area is 115 Å². The van der Waals surface area contributed by atoms with Crippen molar-refractivity contribution >= 4 is 5.91 Å². The lowest BCUT2D eigenvalue weighted by Gasteiger charge is -2.11. The van der Waals surface area contributed by atoms with Gasteiger partial charge in [-0.25, -0.2) is 0 Å². The molecule has 0 bridgehead atoms. The summed E-state index contributed by atoms with van der Waals surface area (Å²) >= 11 is 0. The van der Waals surface area contributed by atoms with Gasteiger partial charge in [0.1, 0.15) is 5.75 Å². The van der Waals surface area contributed by atoms with Crippen LogP contribution in [0.3, 0.4) is 0 Å². The van der Waals surface area contributed by atoms with Crippen molar-refractivity contribution in [1.29, 1.82) is 0 Å². The molecule has 1 heterocycles. The van der Waals surface area contributed by atoms with Gasteiger partial charge in [-0.2, -0.15) is 0 Å². The third kappa shape index (κ3) is 4.58. The van der Waals surface area contributed by atoms with Crippen LogP contribution in [0.25, 0.3) is 0 Å². The summed E-state index contributed by atoms with van der Waals surface area (Å²) in [7, 11) is 0. The summed E-state index contributed by atoms with van der Waals surface area (Å²) in [6.45, 7) is 2.99. The number of rotatable bonds is 7. The normalized spacial score (nSPS) is 18.4. The number of hydrogen-bond acceptors (Lipinski definition) is 2. The van der Waals surface area contributed by atoms with E-state index in [1.54, 1.807) is 0 Å². The topological polar surface area (TPSA) is 38.3 Å². The Kier molecular flexibility index (Phi) is 5.25. The predicted octanol–water partition coefficient (Wildman–Crippen LogP) is 3.08. The van der Waals surface area contributed by atoms with Crippen molar-refractivity contribution < 1.29 is 9.53 Å². The van der Waals surface area contributed by atoms with Crippen LogP contribution in [0.1, 0.15) is 44.6 Å². The maximum atomic E-state index is 11.1. The second-order valence-corrected chi connectivity index (χ2v) is 5.21. The van der Waals surface area contributed by atoms with E-state index in [-0.39, 0.29) is 5.91 Å². The molecular formula is C16H23NO2. The second kappa shape index (κ2) is 7.17. The van der Waals surface area contributed by atoms with Crippen LogP contribution in [0.2, 0.25) is 0 Å². The van der Waals surface area contributed by atoms with E-state index < -0.39 is 0 Å². The quantitative estimate of drug-likeness (QED) is 0.766. The first-order valence-electron chi connectivity index (χ1n) is 7.29. The van der Waals surface area contributed by atoms with E-state index >= 15 is 0 Å². The first kappa shape index (κ1) is 13.9. The van der Waals surface area contributed by atoms with E-state index in [1.165, 1.54) is 18.4 Å². The van der Waals surface area contributed by atoms with Crippen molar-refractivity contribution in [2.45, 2.75) is 51.5 Å². The summed E-state index contributed by atoms with van der Waals surface area (Å²) in [4.78, 5) is 11.1. The van der Waals surface area contributed by atoms with E-state index in [1.807, 2.05) is 12.1 Å². The van der Waals surface area contributed by atoms with Crippen LogP contribution in [-0.4, -0.2) is 18.6 Å². The molecule has 1 aliphatic heterocycles. The van der Waals surface area contributed by atoms with Gasteiger partial charge in [0.25, 0.3) is 0 Å². The lowest BCUT2D eigenvalue weighted by atomic mass is 10.0. The highest BCUT2D eigenvalue weighted by molar-refractivity contribution is 5.78. The standard InChI is InChI=1S/C16H23NO2/c1-2-3-4-11-19-15-8-5-13(6-9-15)12-14-7-10-16(18)17-14/h5-6,8-9,14H,2-4,7,10-12H2,1H3,(H,17,18). The average Bonchev–Trinajstić information content (AvgIpc) is 2.82. The molecule has 0 saturated carbocycles. The van der Waals surface area contributed by atoms with Gasteiger partial charge in [0, 0.05) is 12.5 Å². The summed E-state index contributed by atoms with van der Waals surface area (Å²) in [5.74, 6) is 1.12. The molecule has 1 saturated heterocycles. The number of ether oxygens (including phenoxy) is 1. The fourth-order valence-corrected chi connectivity index (χ4v) is 2.38. The molecule has 0 aromatic heterocycles. The molecule has 1 unspecified atom stereocenters. The second-order valence-electron chi connectivity index (χ2n) is 5.21. The summed E-state index contributed by atoms with van der Waals surface area (Å²) in [6.07, 6.45) is 6.10. The largest absolute Gasteiger partial charge is 0.494 e. The Hall–Kier alpha value is -1.51. The molecule has 2 rings (SSSR count). The molecule has 1 aromatic rings. The van der Waals surface area contributed by atoms with Crippen LogP contribution in [0, 0.1) is 0 Å². The number of carbonyl (C=O) groups excluding carboxylic acids is 1. The first-order valence-corrected chi connectivity index (χ1v) is 7.29. The fraction of sp³-hybridized carbons (Fsp3) is 0.562. The van der Waals surface area contributed by atoms with Gasteiger partial charge in [-0.15, -0.1) is 0 Å². The fourth-order valence-electron chi connectivity index (χ4n) is 2.38. The van der Waals surface area contributed by atoms with Gasteiger partial charge in [-0.1, -0.05) is 31.9 Å². The van der Waals surface area contributed by atoms with Crippen molar-refractivity contribution in [3.8, 4) is 5.75 Å². The Balaban J connectivity index is 1.76. The minimum Gasteiger partial charge on any atom is -0.494 e. The van der Waals surface area contributed by atoms with Crippen molar-refractivity contribution in [2.24, 2.45) is 0 Å². The molecule has 1 amide bonds. The van der Waals surface area contributed by atoms with Gasteiger partial charge >= 0.3 is 0 Å². The molecule has 104 valence electrons. The number of amides is 1. The third-order valence-corrected chi connectivity index (χ3v) is 3.51. The minimum absolute atomic E-state index is 0.181. The highest BCUT2D eigenvalue weighted by Crippen LogP contribution is 2.17. The van der Waals surface area contributed by atoms with Crippen molar-refractivity contribution in [1.82, 2.24) is 5.32 Å². The number of hydrogen-bond donors (Lipinski definition) is 1. The van der Waals surface area contributed by atoms with Gasteiger partial charge in [0.2, 0.25) is 5.91 Å². The SMILES string of the molecule is CCCCCOc1ccc(CC2CCC(=O)N2)cc1. The van der Waals surface area contributed by atoms with Crippen LogP contribution in [0.4, 0.5) is 0 Å². The molecule has 0 aliphatic carbocycles. The zero-order chi connectivity index (χ0) is 13.5. The van der Waals surface area contributed by atoms with Gasteiger partial charge in [-0.3, -0.25) is 4.79 Å². The van der Waals surface area contributed by atoms with Crippen LogP contribution >= 0.6 is 0 Å². The molecule has 1 fully saturated rings. The maximum absolute atomic E-state index is 11.1. The lowest BCUT2D eigenvalue weighted by Crippen LogP contribution is -2.27. The van der Waals surface area contributed by atoms with E-state index in [0.29, 0.717) is 12.5 Å². The monoisotopic (exact) mass is 261 g/mol. The number of nitrogens with one attached hydrogen (secondary N) is 1. The molecule has 1 aliphatic rings. The Morgan fingerprint density at radius 2 is 2.05 bits per heavy atom. The summed E-state index contributed by atoms with van der Waals surface area (Å²) in [5.41, 5.74) is 1.26. The molecule has 1 aromatic carbocycles. The van der Waals surface area contributed by atoms with Crippen LogP contribution < -0.4 is 10.1 Å². The third-order valence-electron chi connectivity index (χ3n) is 3.51. The summed E-state index contributed by atoms with van der Waals surface area (Å²) in [5, 5.41) is 3.00. The van der Waals surface area contributed by atoms with Crippen molar-refractivity contribution in [3.05, 3.63) is 29.8 Å². The van der Waals surface area contributed by atoms with Gasteiger partial charge in [-0.05, 0) is 37.0 Å². The molecule has 19 heavy (non-hydrogen) atoms. The smallest absolute Gasteiger partial charge is 0.220 e. The Bertz CT molecular complexity index is 400. The molecule has 0 spiro atoms. The van der Waals surface area contributed by atoms with E-state index in [4.69, 9.17) is 4.74 Å². The molecule has 3 nitrogen and oxygen atoms in total. The zero-order valence-corrected chi connectivity index (χ0v) is 11.7. The summed E-state index contributed by atoms with van der Waals surface area (Å²) < 4.78 is 5.68. The molecule has 0 radical (unpaired) electrons. The lowest BCUT2D eigenvalue weighted by molar-refractivity contribution is -0.119. The first-order chi connectivity index (χ1) is 9.28. The van der Waals surface area contributed by atoms with Gasteiger partial charge < -0.3 is 10.1 Å². The van der Waals surface area contributed by atoms with Crippen LogP contribution in [0.5, 0.6) is 5.75 Å². The number of carbonyl (C=O) groups is 1. The number of benzene rings is 1. The highest BCUT2D eigenvalue weighted by atomic mass is 16.5. The maximum Gasteiger partial charge on any atom is 0.220 e. The zero-order valence-electron chi connectivity index (χ0n) is 11.7.